The predicted octanol–water partition coefficient (Wildman–Crippen LogP) is 1.13. The third-order valence-electron chi connectivity index (χ3n) is 7.92. The molecule has 4 heterocycles. The molecular weight excluding hydrogens is 450 g/mol. The van der Waals surface area contributed by atoms with Crippen LogP contribution in [0.25, 0.3) is 0 Å². The van der Waals surface area contributed by atoms with Crippen molar-refractivity contribution < 1.29 is 26.6 Å². The summed E-state index contributed by atoms with van der Waals surface area (Å²) in [4.78, 5) is 0. The molecule has 1 N–H and O–H groups in total. The quantitative estimate of drug-likeness (QED) is 0.536. The van der Waals surface area contributed by atoms with Crippen molar-refractivity contribution >= 4 is 0 Å². The molecule has 2 bridgehead atoms. The molecule has 5 heteroatoms. The summed E-state index contributed by atoms with van der Waals surface area (Å²) in [6.07, 6.45) is 5.28. The molecule has 31 heavy (non-hydrogen) atoms. The number of hydrogen-bond acceptors (Lipinski definition) is 2. The molecule has 3 saturated heterocycles. The molecule has 0 atom stereocenters. The van der Waals surface area contributed by atoms with Gasteiger partial charge in [-0.05, 0) is 24.1 Å². The monoisotopic (exact) mass is 481 g/mol. The minimum absolute atomic E-state index is 0. The molecule has 6 rings (SSSR count). The first-order valence-electron chi connectivity index (χ1n) is 11.2. The molecule has 0 saturated carbocycles. The molecule has 3 aliphatic rings. The van der Waals surface area contributed by atoms with Crippen molar-refractivity contribution in [2.75, 3.05) is 26.2 Å². The maximum atomic E-state index is 12.4. The third-order valence-corrected chi connectivity index (χ3v) is 7.92. The molecule has 4 nitrogen and oxygen atoms in total. The Bertz CT molecular complexity index is 938. The van der Waals surface area contributed by atoms with Gasteiger partial charge in [0.05, 0.1) is 38.4 Å². The molecule has 0 spiro atoms. The van der Waals surface area contributed by atoms with Crippen LogP contribution in [0.5, 0.6) is 0 Å². The van der Waals surface area contributed by atoms with E-state index < -0.39 is 5.60 Å². The van der Waals surface area contributed by atoms with Gasteiger partial charge < -0.3 is 26.6 Å². The highest BCUT2D eigenvalue weighted by atomic mass is 79.9. The lowest BCUT2D eigenvalue weighted by Crippen LogP contribution is -3.00. The molecule has 0 unspecified atom stereocenters. The smallest absolute Gasteiger partial charge is 0.121 e. The van der Waals surface area contributed by atoms with Crippen LogP contribution >= 0.6 is 0 Å². The Morgan fingerprint density at radius 2 is 1.42 bits per heavy atom. The lowest BCUT2D eigenvalue weighted by Gasteiger charge is -2.60. The fraction of sp³-hybridized carbons (Fsp3) is 0.423. The van der Waals surface area contributed by atoms with E-state index in [1.54, 1.807) is 0 Å². The molecule has 0 amide bonds. The van der Waals surface area contributed by atoms with E-state index in [2.05, 4.69) is 70.6 Å². The second-order valence-corrected chi connectivity index (χ2v) is 9.43. The van der Waals surface area contributed by atoms with Gasteiger partial charge in [-0.1, -0.05) is 60.7 Å². The van der Waals surface area contributed by atoms with Crippen molar-refractivity contribution in [2.24, 2.45) is 5.41 Å². The lowest BCUT2D eigenvalue weighted by molar-refractivity contribution is -0.946. The van der Waals surface area contributed by atoms with Crippen LogP contribution in [0.1, 0.15) is 36.1 Å². The molecule has 1 aromatic heterocycles. The van der Waals surface area contributed by atoms with E-state index in [1.165, 1.54) is 4.48 Å². The van der Waals surface area contributed by atoms with E-state index in [0.717, 1.165) is 68.8 Å². The van der Waals surface area contributed by atoms with Crippen molar-refractivity contribution in [2.45, 2.75) is 38.3 Å². The highest BCUT2D eigenvalue weighted by Gasteiger charge is 2.60. The minimum atomic E-state index is -0.939. The summed E-state index contributed by atoms with van der Waals surface area (Å²) in [5, 5.41) is 17.0. The van der Waals surface area contributed by atoms with Gasteiger partial charge in [-0.15, -0.1) is 0 Å². The SMILES string of the molecule is Cc1ccn(CC[N+]23CCC(C(O)(c4ccccc4)c4ccccc4)(CC2)CC3)n1.[Br-]. The fourth-order valence-corrected chi connectivity index (χ4v) is 5.98. The van der Waals surface area contributed by atoms with Gasteiger partial charge in [0, 0.05) is 30.9 Å². The summed E-state index contributed by atoms with van der Waals surface area (Å²) in [7, 11) is 0. The molecule has 2 aromatic carbocycles. The summed E-state index contributed by atoms with van der Waals surface area (Å²) in [5.41, 5.74) is 2.11. The van der Waals surface area contributed by atoms with Crippen molar-refractivity contribution in [3.8, 4) is 0 Å². The Morgan fingerprint density at radius 3 is 1.87 bits per heavy atom. The van der Waals surface area contributed by atoms with Crippen LogP contribution in [0.4, 0.5) is 0 Å². The van der Waals surface area contributed by atoms with Gasteiger partial charge in [0.25, 0.3) is 0 Å². The van der Waals surface area contributed by atoms with Gasteiger partial charge in [-0.2, -0.15) is 5.10 Å². The van der Waals surface area contributed by atoms with Crippen LogP contribution in [-0.4, -0.2) is 45.5 Å². The molecule has 3 fully saturated rings. The molecule has 3 aliphatic heterocycles. The highest BCUT2D eigenvalue weighted by molar-refractivity contribution is 5.39. The van der Waals surface area contributed by atoms with Gasteiger partial charge in [0.15, 0.2) is 0 Å². The number of fused-ring (bicyclic) bond motifs is 3. The van der Waals surface area contributed by atoms with Crippen LogP contribution in [-0.2, 0) is 12.1 Å². The number of hydrogen-bond donors (Lipinski definition) is 1. The molecule has 0 aliphatic carbocycles. The molecule has 164 valence electrons. The van der Waals surface area contributed by atoms with Crippen LogP contribution < -0.4 is 17.0 Å². The van der Waals surface area contributed by atoms with E-state index >= 15 is 0 Å². The summed E-state index contributed by atoms with van der Waals surface area (Å²) < 4.78 is 3.25. The Kier molecular flexibility index (Phi) is 6.12. The molecule has 3 aromatic rings. The number of quaternary nitrogens is 1. The number of piperidine rings is 3. The van der Waals surface area contributed by atoms with Crippen molar-refractivity contribution in [1.82, 2.24) is 9.78 Å². The number of rotatable bonds is 6. The van der Waals surface area contributed by atoms with Crippen molar-refractivity contribution in [3.05, 3.63) is 89.7 Å². The Labute approximate surface area is 195 Å². The van der Waals surface area contributed by atoms with Crippen LogP contribution in [0.15, 0.2) is 72.9 Å². The zero-order valence-electron chi connectivity index (χ0n) is 18.3. The number of nitrogens with zero attached hydrogens (tertiary/aromatic N) is 3. The van der Waals surface area contributed by atoms with Crippen molar-refractivity contribution in [1.29, 1.82) is 0 Å². The highest BCUT2D eigenvalue weighted by Crippen LogP contribution is 2.57. The second-order valence-electron chi connectivity index (χ2n) is 9.43. The topological polar surface area (TPSA) is 38.0 Å². The Morgan fingerprint density at radius 1 is 0.903 bits per heavy atom. The standard InChI is InChI=1S/C26H32N3O.BrH/c1-22-12-16-28(27-22)17-21-29-18-13-25(14-19-29,15-20-29)26(30,23-8-4-2-5-9-23)24-10-6-3-7-11-24;/h2-12,16,30H,13-15,17-21H2,1H3;1H/q+1;/p-1. The normalized spacial score (nSPS) is 25.2. The van der Waals surface area contributed by atoms with Crippen LogP contribution in [0.2, 0.25) is 0 Å². The second kappa shape index (κ2) is 8.53. The zero-order chi connectivity index (χ0) is 20.7. The van der Waals surface area contributed by atoms with Gasteiger partial charge in [0.1, 0.15) is 5.60 Å². The first-order chi connectivity index (χ1) is 14.6. The summed E-state index contributed by atoms with van der Waals surface area (Å²) in [6.45, 7) is 7.58. The number of aromatic nitrogens is 2. The maximum absolute atomic E-state index is 12.4. The minimum Gasteiger partial charge on any atom is -1.00 e. The number of aryl methyl sites for hydroxylation is 1. The predicted molar refractivity (Wildman–Crippen MR) is 119 cm³/mol. The van der Waals surface area contributed by atoms with E-state index in [-0.39, 0.29) is 22.4 Å². The van der Waals surface area contributed by atoms with E-state index in [1.807, 2.05) is 19.1 Å². The maximum Gasteiger partial charge on any atom is 0.121 e. The lowest BCUT2D eigenvalue weighted by atomic mass is 9.56. The van der Waals surface area contributed by atoms with Crippen LogP contribution in [0.3, 0.4) is 0 Å². The summed E-state index contributed by atoms with van der Waals surface area (Å²) in [6, 6.07) is 22.8. The van der Waals surface area contributed by atoms with Crippen LogP contribution in [0, 0.1) is 12.3 Å². The third kappa shape index (κ3) is 3.77. The van der Waals surface area contributed by atoms with Crippen molar-refractivity contribution in [3.63, 3.8) is 0 Å². The number of halogens is 1. The summed E-state index contributed by atoms with van der Waals surface area (Å²) >= 11 is 0. The average molecular weight is 482 g/mol. The Hall–Kier alpha value is -1.95. The molecule has 0 radical (unpaired) electrons. The Balaban J connectivity index is 0.00000231. The largest absolute Gasteiger partial charge is 1.00 e. The fourth-order valence-electron chi connectivity index (χ4n) is 5.98. The zero-order valence-corrected chi connectivity index (χ0v) is 19.8. The van der Waals surface area contributed by atoms with Gasteiger partial charge in [0.2, 0.25) is 0 Å². The van der Waals surface area contributed by atoms with Gasteiger partial charge >= 0.3 is 0 Å². The average Bonchev–Trinajstić information content (AvgIpc) is 3.25. The van der Waals surface area contributed by atoms with E-state index in [9.17, 15) is 5.11 Å². The molecular formula is C26H32BrN3O. The summed E-state index contributed by atoms with van der Waals surface area (Å²) in [5.74, 6) is 0. The number of aliphatic hydroxyl groups is 1. The van der Waals surface area contributed by atoms with Gasteiger partial charge in [-0.3, -0.25) is 4.68 Å². The van der Waals surface area contributed by atoms with E-state index in [0.29, 0.717) is 0 Å². The first-order valence-corrected chi connectivity index (χ1v) is 11.2. The number of benzene rings is 2. The van der Waals surface area contributed by atoms with E-state index in [4.69, 9.17) is 0 Å². The van der Waals surface area contributed by atoms with Gasteiger partial charge in [-0.25, -0.2) is 0 Å². The first kappa shape index (κ1) is 22.3.